The maximum Gasteiger partial charge on any atom is 0.244 e. The smallest absolute Gasteiger partial charge is 0.244 e. The number of rotatable bonds is 10. The number of nitrogens with zero attached hydrogens (tertiary/aromatic N) is 2. The molecule has 1 N–H and O–H groups in total. The van der Waals surface area contributed by atoms with Gasteiger partial charge >= 0.3 is 0 Å². The molecule has 33 heavy (non-hydrogen) atoms. The van der Waals surface area contributed by atoms with E-state index in [-0.39, 0.29) is 23.2 Å². The van der Waals surface area contributed by atoms with Crippen LogP contribution in [0.1, 0.15) is 25.8 Å². The molecule has 0 saturated carbocycles. The molecule has 0 aliphatic carbocycles. The molecule has 1 atom stereocenters. The van der Waals surface area contributed by atoms with Crippen LogP contribution >= 0.6 is 23.2 Å². The van der Waals surface area contributed by atoms with E-state index in [9.17, 15) is 22.4 Å². The van der Waals surface area contributed by atoms with E-state index in [0.717, 1.165) is 10.6 Å². The minimum atomic E-state index is -3.91. The van der Waals surface area contributed by atoms with Gasteiger partial charge in [0.05, 0.1) is 17.0 Å². The summed E-state index contributed by atoms with van der Waals surface area (Å²) in [4.78, 5) is 27.2. The number of carbonyl (C=O) groups is 2. The zero-order valence-corrected chi connectivity index (χ0v) is 20.8. The summed E-state index contributed by atoms with van der Waals surface area (Å²) < 4.78 is 39.2. The fourth-order valence-electron chi connectivity index (χ4n) is 3.04. The zero-order valence-electron chi connectivity index (χ0n) is 18.5. The Bertz CT molecular complexity index is 1100. The fourth-order valence-corrected chi connectivity index (χ4v) is 4.47. The Morgan fingerprint density at radius 2 is 1.76 bits per heavy atom. The van der Waals surface area contributed by atoms with E-state index in [2.05, 4.69) is 5.32 Å². The monoisotopic (exact) mass is 517 g/mol. The number of hydrogen-bond acceptors (Lipinski definition) is 4. The number of anilines is 1. The third-order valence-corrected chi connectivity index (χ3v) is 6.50. The Hall–Kier alpha value is -2.36. The molecule has 0 aliphatic rings. The summed E-state index contributed by atoms with van der Waals surface area (Å²) in [6.45, 7) is 3.26. The number of hydrogen-bond donors (Lipinski definition) is 1. The van der Waals surface area contributed by atoms with Gasteiger partial charge in [0.2, 0.25) is 21.8 Å². The first-order valence-corrected chi connectivity index (χ1v) is 12.8. The highest BCUT2D eigenvalue weighted by Crippen LogP contribution is 2.30. The quantitative estimate of drug-likeness (QED) is 0.518. The van der Waals surface area contributed by atoms with Gasteiger partial charge in [-0.1, -0.05) is 42.3 Å². The van der Waals surface area contributed by atoms with Crippen LogP contribution in [0.2, 0.25) is 10.0 Å². The molecule has 7 nitrogen and oxygen atoms in total. The van der Waals surface area contributed by atoms with Crippen molar-refractivity contribution in [3.05, 3.63) is 63.9 Å². The van der Waals surface area contributed by atoms with Crippen molar-refractivity contribution in [1.29, 1.82) is 0 Å². The Kier molecular flexibility index (Phi) is 9.51. The van der Waals surface area contributed by atoms with Crippen LogP contribution in [-0.2, 0) is 26.2 Å². The molecule has 0 aromatic heterocycles. The van der Waals surface area contributed by atoms with Gasteiger partial charge in [0.15, 0.2) is 0 Å². The second-order valence-electron chi connectivity index (χ2n) is 7.48. The van der Waals surface area contributed by atoms with Crippen LogP contribution in [0.3, 0.4) is 0 Å². The van der Waals surface area contributed by atoms with Crippen LogP contribution in [0, 0.1) is 5.82 Å². The molecule has 0 bridgehead atoms. The van der Waals surface area contributed by atoms with Crippen LogP contribution in [0.25, 0.3) is 0 Å². The molecule has 180 valence electrons. The molecule has 0 radical (unpaired) electrons. The van der Waals surface area contributed by atoms with Crippen molar-refractivity contribution < 1.29 is 22.4 Å². The van der Waals surface area contributed by atoms with Gasteiger partial charge in [0, 0.05) is 18.1 Å². The maximum absolute atomic E-state index is 13.3. The lowest BCUT2D eigenvalue weighted by Crippen LogP contribution is -2.51. The van der Waals surface area contributed by atoms with Crippen molar-refractivity contribution in [1.82, 2.24) is 10.2 Å². The first kappa shape index (κ1) is 26.9. The van der Waals surface area contributed by atoms with Gasteiger partial charge < -0.3 is 10.2 Å². The van der Waals surface area contributed by atoms with Crippen LogP contribution in [0.4, 0.5) is 10.1 Å². The normalized spacial score (nSPS) is 12.2. The van der Waals surface area contributed by atoms with Gasteiger partial charge in [-0.2, -0.15) is 0 Å². The van der Waals surface area contributed by atoms with E-state index < -0.39 is 34.3 Å². The number of benzene rings is 2. The lowest BCUT2D eigenvalue weighted by Gasteiger charge is -2.31. The molecular weight excluding hydrogens is 492 g/mol. The van der Waals surface area contributed by atoms with Gasteiger partial charge in [-0.05, 0) is 49.2 Å². The SMILES string of the molecule is CCCNC(=O)[C@H](C)N(Cc1ccc(F)cc1)C(=O)CN(c1ccc(Cl)cc1Cl)S(C)(=O)=O. The van der Waals surface area contributed by atoms with Crippen molar-refractivity contribution >= 4 is 50.7 Å². The van der Waals surface area contributed by atoms with Crippen LogP contribution < -0.4 is 9.62 Å². The Balaban J connectivity index is 2.39. The van der Waals surface area contributed by atoms with Crippen molar-refractivity contribution in [3.63, 3.8) is 0 Å². The van der Waals surface area contributed by atoms with Crippen molar-refractivity contribution in [3.8, 4) is 0 Å². The molecule has 2 rings (SSSR count). The average molecular weight is 518 g/mol. The van der Waals surface area contributed by atoms with Gasteiger partial charge in [0.1, 0.15) is 18.4 Å². The van der Waals surface area contributed by atoms with Crippen molar-refractivity contribution in [2.24, 2.45) is 0 Å². The first-order valence-electron chi connectivity index (χ1n) is 10.2. The number of amides is 2. The summed E-state index contributed by atoms with van der Waals surface area (Å²) in [5, 5.41) is 3.10. The highest BCUT2D eigenvalue weighted by Gasteiger charge is 2.30. The molecule has 0 saturated heterocycles. The predicted octanol–water partition coefficient (Wildman–Crippen LogP) is 3.84. The van der Waals surface area contributed by atoms with Crippen molar-refractivity contribution in [2.45, 2.75) is 32.9 Å². The summed E-state index contributed by atoms with van der Waals surface area (Å²) in [5.74, 6) is -1.45. The topological polar surface area (TPSA) is 86.8 Å². The van der Waals surface area contributed by atoms with Gasteiger partial charge in [-0.15, -0.1) is 0 Å². The molecule has 2 aromatic carbocycles. The zero-order chi connectivity index (χ0) is 24.8. The summed E-state index contributed by atoms with van der Waals surface area (Å²) in [6.07, 6.45) is 1.66. The number of halogens is 3. The largest absolute Gasteiger partial charge is 0.354 e. The molecule has 2 aromatic rings. The first-order chi connectivity index (χ1) is 15.4. The molecule has 11 heteroatoms. The summed E-state index contributed by atoms with van der Waals surface area (Å²) in [7, 11) is -3.91. The lowest BCUT2D eigenvalue weighted by molar-refractivity contribution is -0.139. The molecule has 0 unspecified atom stereocenters. The molecule has 2 amide bonds. The van der Waals surface area contributed by atoms with Crippen LogP contribution in [0.15, 0.2) is 42.5 Å². The molecule has 0 heterocycles. The average Bonchev–Trinajstić information content (AvgIpc) is 2.74. The van der Waals surface area contributed by atoms with Crippen molar-refractivity contribution in [2.75, 3.05) is 23.7 Å². The van der Waals surface area contributed by atoms with Gasteiger partial charge in [-0.25, -0.2) is 12.8 Å². The Labute approximate surface area is 203 Å². The minimum Gasteiger partial charge on any atom is -0.354 e. The number of sulfonamides is 1. The second kappa shape index (κ2) is 11.7. The standard InChI is InChI=1S/C22H26Cl2FN3O4S/c1-4-11-26-22(30)15(2)27(13-16-5-8-18(25)9-6-16)21(29)14-28(33(3,31)32)20-10-7-17(23)12-19(20)24/h5-10,12,15H,4,11,13-14H2,1-3H3,(H,26,30)/t15-/m0/s1. The summed E-state index contributed by atoms with van der Waals surface area (Å²) >= 11 is 12.1. The van der Waals surface area contributed by atoms with E-state index in [1.54, 1.807) is 6.92 Å². The Morgan fingerprint density at radius 3 is 2.30 bits per heavy atom. The maximum atomic E-state index is 13.3. The van der Waals surface area contributed by atoms with Gasteiger partial charge in [-0.3, -0.25) is 13.9 Å². The molecule has 0 spiro atoms. The number of carbonyl (C=O) groups excluding carboxylic acids is 2. The highest BCUT2D eigenvalue weighted by molar-refractivity contribution is 7.92. The van der Waals surface area contributed by atoms with Gasteiger partial charge in [0.25, 0.3) is 0 Å². The molecule has 0 aliphatic heterocycles. The third-order valence-electron chi connectivity index (χ3n) is 4.84. The summed E-state index contributed by atoms with van der Waals surface area (Å²) in [5.41, 5.74) is 0.664. The highest BCUT2D eigenvalue weighted by atomic mass is 35.5. The van der Waals surface area contributed by atoms with E-state index in [1.807, 2.05) is 6.92 Å². The van der Waals surface area contributed by atoms with Crippen LogP contribution in [0.5, 0.6) is 0 Å². The minimum absolute atomic E-state index is 0.0220. The summed E-state index contributed by atoms with van der Waals surface area (Å²) in [6, 6.07) is 8.82. The van der Waals surface area contributed by atoms with E-state index in [0.29, 0.717) is 23.6 Å². The van der Waals surface area contributed by atoms with E-state index in [1.165, 1.54) is 47.4 Å². The number of nitrogens with one attached hydrogen (secondary N) is 1. The lowest BCUT2D eigenvalue weighted by atomic mass is 10.1. The van der Waals surface area contributed by atoms with E-state index in [4.69, 9.17) is 23.2 Å². The van der Waals surface area contributed by atoms with E-state index >= 15 is 0 Å². The Morgan fingerprint density at radius 1 is 1.12 bits per heavy atom. The third kappa shape index (κ3) is 7.58. The second-order valence-corrected chi connectivity index (χ2v) is 10.2. The predicted molar refractivity (Wildman–Crippen MR) is 128 cm³/mol. The molecule has 0 fully saturated rings. The molecular formula is C22H26Cl2FN3O4S. The van der Waals surface area contributed by atoms with Crippen LogP contribution in [-0.4, -0.2) is 50.5 Å². The fraction of sp³-hybridized carbons (Fsp3) is 0.364.